The molecule has 0 saturated carbocycles. The van der Waals surface area contributed by atoms with Gasteiger partial charge >= 0.3 is 11.5 Å². The van der Waals surface area contributed by atoms with Gasteiger partial charge in [-0.05, 0) is 13.0 Å². The van der Waals surface area contributed by atoms with Crippen LogP contribution in [0.5, 0.6) is 0 Å². The van der Waals surface area contributed by atoms with E-state index in [1.165, 1.54) is 24.4 Å². The lowest BCUT2D eigenvalue weighted by Crippen LogP contribution is -1.82. The van der Waals surface area contributed by atoms with E-state index in [2.05, 4.69) is 26.0 Å². The third-order valence-electron chi connectivity index (χ3n) is 2.76. The molecule has 0 aliphatic carbocycles. The Balaban J connectivity index is 2.50. The zero-order valence-electron chi connectivity index (χ0n) is 9.59. The van der Waals surface area contributed by atoms with Crippen LogP contribution in [0.1, 0.15) is 23.3 Å². The van der Waals surface area contributed by atoms with Crippen LogP contribution in [0.3, 0.4) is 0 Å². The molecule has 0 amide bonds. The van der Waals surface area contributed by atoms with Crippen molar-refractivity contribution in [2.24, 2.45) is 0 Å². The van der Waals surface area contributed by atoms with Crippen molar-refractivity contribution >= 4 is 42.2 Å². The van der Waals surface area contributed by atoms with E-state index in [-0.39, 0.29) is 0 Å². The van der Waals surface area contributed by atoms with E-state index in [0.717, 1.165) is 17.9 Å². The Morgan fingerprint density at radius 3 is 2.69 bits per heavy atom. The van der Waals surface area contributed by atoms with E-state index in [9.17, 15) is 0 Å². The molecule has 0 aliphatic rings. The lowest BCUT2D eigenvalue weighted by molar-refractivity contribution is 0.479. The number of thiophene rings is 2. The van der Waals surface area contributed by atoms with Gasteiger partial charge in [0.25, 0.3) is 0 Å². The number of fused-ring (bicyclic) bond motifs is 3. The van der Waals surface area contributed by atoms with Gasteiger partial charge in [-0.15, -0.1) is 22.7 Å². The Labute approximate surface area is 102 Å². The molecule has 0 spiro atoms. The molecule has 0 radical (unpaired) electrons. The zero-order chi connectivity index (χ0) is 11.3. The summed E-state index contributed by atoms with van der Waals surface area (Å²) in [5.41, 5.74) is 0. The molecular weight excluding hydrogens is 236 g/mol. The summed E-state index contributed by atoms with van der Waals surface area (Å²) in [6.07, 6.45) is 0.963. The Morgan fingerprint density at radius 2 is 1.94 bits per heavy atom. The van der Waals surface area contributed by atoms with Crippen molar-refractivity contribution in [1.82, 2.24) is 0 Å². The highest BCUT2D eigenvalue weighted by Gasteiger charge is 2.20. The fourth-order valence-corrected chi connectivity index (χ4v) is 4.68. The topological polar surface area (TPSA) is 11.3 Å². The minimum atomic E-state index is 0.963. The SMILES string of the molecule is CCc1[o+]c(C)cc2c1sc1sc(C)cc12. The number of rotatable bonds is 1. The molecule has 3 heterocycles. The van der Waals surface area contributed by atoms with Gasteiger partial charge in [-0.25, -0.2) is 4.42 Å². The molecule has 0 unspecified atom stereocenters. The molecule has 0 atom stereocenters. The number of hydrogen-bond donors (Lipinski definition) is 0. The molecule has 82 valence electrons. The minimum Gasteiger partial charge on any atom is -0.217 e. The Kier molecular flexibility index (Phi) is 2.26. The molecule has 16 heavy (non-hydrogen) atoms. The Morgan fingerprint density at radius 1 is 1.12 bits per heavy atom. The quantitative estimate of drug-likeness (QED) is 0.541. The highest BCUT2D eigenvalue weighted by atomic mass is 32.2. The molecule has 0 N–H and O–H groups in total. The molecule has 0 fully saturated rings. The average molecular weight is 249 g/mol. The summed E-state index contributed by atoms with van der Waals surface area (Å²) in [5, 5.41) is 2.76. The third-order valence-corrected chi connectivity index (χ3v) is 5.16. The average Bonchev–Trinajstić information content (AvgIpc) is 2.74. The fraction of sp³-hybridized carbons (Fsp3) is 0.308. The number of aryl methyl sites for hydroxylation is 3. The second-order valence-electron chi connectivity index (χ2n) is 4.04. The minimum absolute atomic E-state index is 0.963. The van der Waals surface area contributed by atoms with Crippen LogP contribution < -0.4 is 0 Å². The van der Waals surface area contributed by atoms with Crippen LogP contribution >= 0.6 is 22.7 Å². The molecule has 0 bridgehead atoms. The van der Waals surface area contributed by atoms with E-state index >= 15 is 0 Å². The van der Waals surface area contributed by atoms with Crippen molar-refractivity contribution in [1.29, 1.82) is 0 Å². The predicted molar refractivity (Wildman–Crippen MR) is 72.7 cm³/mol. The highest BCUT2D eigenvalue weighted by Crippen LogP contribution is 2.41. The smallest absolute Gasteiger partial charge is 0.217 e. The Bertz CT molecular complexity index is 676. The molecule has 3 rings (SSSR count). The molecule has 3 heteroatoms. The lowest BCUT2D eigenvalue weighted by Gasteiger charge is -1.89. The summed E-state index contributed by atoms with van der Waals surface area (Å²) in [7, 11) is 0. The van der Waals surface area contributed by atoms with Gasteiger partial charge in [-0.1, -0.05) is 6.92 Å². The lowest BCUT2D eigenvalue weighted by atomic mass is 10.2. The van der Waals surface area contributed by atoms with Crippen molar-refractivity contribution in [3.63, 3.8) is 0 Å². The second kappa shape index (κ2) is 3.54. The Hall–Kier alpha value is -0.930. The maximum absolute atomic E-state index is 5.78. The van der Waals surface area contributed by atoms with Crippen molar-refractivity contribution < 1.29 is 4.42 Å². The van der Waals surface area contributed by atoms with Gasteiger partial charge in [-0.2, -0.15) is 0 Å². The standard InChI is InChI=1S/C13H13OS2/c1-4-11-12-9(5-7(2)14-11)10-6-8(3)15-13(10)16-12/h5-6H,4H2,1-3H3/q+1. The van der Waals surface area contributed by atoms with Crippen LogP contribution in [-0.2, 0) is 6.42 Å². The van der Waals surface area contributed by atoms with Gasteiger partial charge in [0, 0.05) is 21.7 Å². The summed E-state index contributed by atoms with van der Waals surface area (Å²) in [5.74, 6) is 2.13. The largest absolute Gasteiger partial charge is 0.346 e. The first-order valence-corrected chi connectivity index (χ1v) is 7.07. The summed E-state index contributed by atoms with van der Waals surface area (Å²) in [6.45, 7) is 6.35. The van der Waals surface area contributed by atoms with E-state index < -0.39 is 0 Å². The maximum Gasteiger partial charge on any atom is 0.346 e. The van der Waals surface area contributed by atoms with Crippen LogP contribution in [0.25, 0.3) is 19.5 Å². The fourth-order valence-electron chi connectivity index (χ4n) is 2.08. The first-order valence-electron chi connectivity index (χ1n) is 5.44. The summed E-state index contributed by atoms with van der Waals surface area (Å²) < 4.78 is 8.53. The highest BCUT2D eigenvalue weighted by molar-refractivity contribution is 7.41. The van der Waals surface area contributed by atoms with Crippen LogP contribution in [0.4, 0.5) is 0 Å². The molecular formula is C13H13OS2+. The van der Waals surface area contributed by atoms with Crippen LogP contribution in [0.15, 0.2) is 16.5 Å². The summed E-state index contributed by atoms with van der Waals surface area (Å²) in [4.78, 5) is 1.39. The van der Waals surface area contributed by atoms with Crippen molar-refractivity contribution in [2.45, 2.75) is 27.2 Å². The zero-order valence-corrected chi connectivity index (χ0v) is 11.2. The van der Waals surface area contributed by atoms with Gasteiger partial charge in [0.05, 0.1) is 17.4 Å². The number of hydrogen-bond acceptors (Lipinski definition) is 2. The molecule has 3 aromatic rings. The van der Waals surface area contributed by atoms with E-state index in [0.29, 0.717) is 0 Å². The van der Waals surface area contributed by atoms with Gasteiger partial charge in [0.1, 0.15) is 4.70 Å². The normalized spacial score (nSPS) is 11.7. The van der Waals surface area contributed by atoms with Gasteiger partial charge in [0.2, 0.25) is 0 Å². The second-order valence-corrected chi connectivity index (χ2v) is 6.57. The molecule has 0 aliphatic heterocycles. The van der Waals surface area contributed by atoms with E-state index in [1.54, 1.807) is 0 Å². The maximum atomic E-state index is 5.78. The first kappa shape index (κ1) is 10.2. The van der Waals surface area contributed by atoms with Gasteiger partial charge < -0.3 is 0 Å². The monoisotopic (exact) mass is 249 g/mol. The van der Waals surface area contributed by atoms with Crippen molar-refractivity contribution in [3.05, 3.63) is 28.5 Å². The molecule has 1 nitrogen and oxygen atoms in total. The van der Waals surface area contributed by atoms with Crippen molar-refractivity contribution in [2.75, 3.05) is 0 Å². The van der Waals surface area contributed by atoms with Crippen LogP contribution in [0.2, 0.25) is 0 Å². The van der Waals surface area contributed by atoms with E-state index in [4.69, 9.17) is 4.42 Å². The third kappa shape index (κ3) is 1.39. The van der Waals surface area contributed by atoms with E-state index in [1.807, 2.05) is 29.6 Å². The first-order chi connectivity index (χ1) is 7.69. The molecule has 3 aromatic heterocycles. The van der Waals surface area contributed by atoms with Gasteiger partial charge in [0.15, 0.2) is 0 Å². The van der Waals surface area contributed by atoms with Gasteiger partial charge in [-0.3, -0.25) is 0 Å². The molecule has 0 aromatic carbocycles. The predicted octanol–water partition coefficient (Wildman–Crippen LogP) is 5.17. The summed E-state index contributed by atoms with van der Waals surface area (Å²) in [6, 6.07) is 4.46. The van der Waals surface area contributed by atoms with Crippen LogP contribution in [-0.4, -0.2) is 0 Å². The van der Waals surface area contributed by atoms with Crippen LogP contribution in [0, 0.1) is 13.8 Å². The molecule has 0 saturated heterocycles. The summed E-state index contributed by atoms with van der Waals surface area (Å²) >= 11 is 3.75. The van der Waals surface area contributed by atoms with Crippen molar-refractivity contribution in [3.8, 4) is 0 Å².